The third kappa shape index (κ3) is 3.52. The summed E-state index contributed by atoms with van der Waals surface area (Å²) < 4.78 is 17.5. The van der Waals surface area contributed by atoms with Gasteiger partial charge in [0.1, 0.15) is 23.3 Å². The molecule has 1 aromatic carbocycles. The van der Waals surface area contributed by atoms with Crippen LogP contribution in [0.25, 0.3) is 28.2 Å². The highest BCUT2D eigenvalue weighted by atomic mass is 19.1. The van der Waals surface area contributed by atoms with Gasteiger partial charge in [-0.1, -0.05) is 38.1 Å². The minimum Gasteiger partial charge on any atom is -0.293 e. The number of Topliss-reactive ketones (excluding diaryl/α,β-unsaturated/α-hetero) is 1. The number of nitrogens with zero attached hydrogens (tertiary/aromatic N) is 5. The topological polar surface area (TPSA) is 84.5 Å². The molecule has 3 heterocycles. The van der Waals surface area contributed by atoms with Crippen molar-refractivity contribution in [1.82, 2.24) is 19.7 Å². The van der Waals surface area contributed by atoms with Gasteiger partial charge in [0.2, 0.25) is 0 Å². The summed E-state index contributed by atoms with van der Waals surface area (Å²) >= 11 is 0. The highest BCUT2D eigenvalue weighted by molar-refractivity contribution is 6.02. The maximum atomic E-state index is 15.8. The Kier molecular flexibility index (Phi) is 5.34. The van der Waals surface area contributed by atoms with E-state index in [-0.39, 0.29) is 23.2 Å². The number of hydrogen-bond donors (Lipinski definition) is 0. The van der Waals surface area contributed by atoms with Gasteiger partial charge in [-0.2, -0.15) is 10.4 Å². The summed E-state index contributed by atoms with van der Waals surface area (Å²) in [6.45, 7) is 3.93. The molecule has 2 aliphatic rings. The molecule has 3 atom stereocenters. The van der Waals surface area contributed by atoms with E-state index < -0.39 is 11.2 Å². The molecule has 0 saturated carbocycles. The zero-order chi connectivity index (χ0) is 25.7. The highest BCUT2D eigenvalue weighted by Gasteiger charge is 2.51. The number of aromatic nitrogens is 4. The predicted molar refractivity (Wildman–Crippen MR) is 137 cm³/mol. The second-order valence-corrected chi connectivity index (χ2v) is 9.96. The molecule has 2 aliphatic carbocycles. The van der Waals surface area contributed by atoms with E-state index in [2.05, 4.69) is 16.0 Å². The Morgan fingerprint density at radius 3 is 2.70 bits per heavy atom. The lowest BCUT2D eigenvalue weighted by Gasteiger charge is -2.45. The molecule has 4 aromatic rings. The number of rotatable bonds is 3. The standard InChI is InChI=1S/C30H24FN5O/c1-18-23-10-9-22-27(25-7-3-4-13-34-25)35-36(29(22)30(23,2)15-21(16-32)28(18)37)26-11-8-19(14-24(26)31)20-6-5-12-33-17-20/h3-8,11-15,17-18,23H,9-10H2,1-2H3/t18-,23-,30-/m1/s1. The number of hydrogen-bond acceptors (Lipinski definition) is 5. The average molecular weight is 490 g/mol. The summed E-state index contributed by atoms with van der Waals surface area (Å²) in [6.07, 6.45) is 8.32. The fraction of sp³-hybridized carbons (Fsp3) is 0.233. The molecule has 0 saturated heterocycles. The van der Waals surface area contributed by atoms with E-state index in [0.717, 1.165) is 23.2 Å². The number of nitriles is 1. The summed E-state index contributed by atoms with van der Waals surface area (Å²) in [5, 5.41) is 14.7. The van der Waals surface area contributed by atoms with Gasteiger partial charge in [0, 0.05) is 41.1 Å². The minimum absolute atomic E-state index is 0.0330. The predicted octanol–water partition coefficient (Wildman–Crippen LogP) is 5.62. The van der Waals surface area contributed by atoms with E-state index in [1.54, 1.807) is 35.4 Å². The van der Waals surface area contributed by atoms with Crippen molar-refractivity contribution in [3.8, 4) is 34.3 Å². The van der Waals surface area contributed by atoms with Crippen LogP contribution in [-0.4, -0.2) is 25.5 Å². The Hall–Kier alpha value is -4.44. The number of allylic oxidation sites excluding steroid dienone is 2. The molecule has 0 aliphatic heterocycles. The van der Waals surface area contributed by atoms with E-state index in [4.69, 9.17) is 5.10 Å². The van der Waals surface area contributed by atoms with Crippen molar-refractivity contribution in [3.63, 3.8) is 0 Å². The first-order chi connectivity index (χ1) is 17.9. The zero-order valence-electron chi connectivity index (χ0n) is 20.5. The van der Waals surface area contributed by atoms with Crippen LogP contribution in [0.1, 0.15) is 31.5 Å². The number of benzene rings is 1. The molecule has 6 rings (SSSR count). The number of carbonyl (C=O) groups is 1. The molecule has 0 spiro atoms. The van der Waals surface area contributed by atoms with Crippen molar-refractivity contribution in [2.24, 2.45) is 11.8 Å². The minimum atomic E-state index is -0.680. The molecule has 3 aromatic heterocycles. The van der Waals surface area contributed by atoms with E-state index in [1.807, 2.05) is 50.2 Å². The molecule has 0 bridgehead atoms. The van der Waals surface area contributed by atoms with Crippen molar-refractivity contribution in [2.75, 3.05) is 0 Å². The maximum Gasteiger partial charge on any atom is 0.176 e. The fourth-order valence-corrected chi connectivity index (χ4v) is 6.12. The Morgan fingerprint density at radius 1 is 1.14 bits per heavy atom. The van der Waals surface area contributed by atoms with Gasteiger partial charge in [0.15, 0.2) is 5.78 Å². The Bertz CT molecular complexity index is 1600. The lowest BCUT2D eigenvalue weighted by molar-refractivity contribution is -0.121. The largest absolute Gasteiger partial charge is 0.293 e. The zero-order valence-corrected chi connectivity index (χ0v) is 20.5. The number of carbonyl (C=O) groups excluding carboxylic acids is 1. The summed E-state index contributed by atoms with van der Waals surface area (Å²) in [7, 11) is 0. The van der Waals surface area contributed by atoms with Gasteiger partial charge < -0.3 is 0 Å². The van der Waals surface area contributed by atoms with Gasteiger partial charge in [-0.15, -0.1) is 0 Å². The fourth-order valence-electron chi connectivity index (χ4n) is 6.12. The smallest absolute Gasteiger partial charge is 0.176 e. The van der Waals surface area contributed by atoms with Crippen molar-refractivity contribution in [1.29, 1.82) is 5.26 Å². The molecule has 0 N–H and O–H groups in total. The number of halogens is 1. The summed E-state index contributed by atoms with van der Waals surface area (Å²) in [6, 6.07) is 16.5. The van der Waals surface area contributed by atoms with Crippen LogP contribution in [-0.2, 0) is 16.6 Å². The van der Waals surface area contributed by atoms with Crippen LogP contribution in [0.4, 0.5) is 4.39 Å². The normalized spacial score (nSPS) is 22.5. The van der Waals surface area contributed by atoms with Gasteiger partial charge >= 0.3 is 0 Å². The highest BCUT2D eigenvalue weighted by Crippen LogP contribution is 2.52. The molecule has 0 fully saturated rings. The summed E-state index contributed by atoms with van der Waals surface area (Å²) in [4.78, 5) is 21.6. The van der Waals surface area contributed by atoms with Crippen molar-refractivity contribution < 1.29 is 9.18 Å². The lowest BCUT2D eigenvalue weighted by Crippen LogP contribution is -2.46. The quantitative estimate of drug-likeness (QED) is 0.373. The second-order valence-electron chi connectivity index (χ2n) is 9.96. The molecule has 6 nitrogen and oxygen atoms in total. The van der Waals surface area contributed by atoms with Gasteiger partial charge in [0.25, 0.3) is 0 Å². The van der Waals surface area contributed by atoms with Crippen LogP contribution >= 0.6 is 0 Å². The van der Waals surface area contributed by atoms with Gasteiger partial charge in [-0.25, -0.2) is 9.07 Å². The number of pyridine rings is 2. The second kappa shape index (κ2) is 8.59. The first kappa shape index (κ1) is 23.0. The molecular weight excluding hydrogens is 465 g/mol. The van der Waals surface area contributed by atoms with E-state index in [0.29, 0.717) is 29.1 Å². The van der Waals surface area contributed by atoms with Crippen molar-refractivity contribution in [3.05, 3.63) is 95.8 Å². The van der Waals surface area contributed by atoms with E-state index >= 15 is 4.39 Å². The molecular formula is C30H24FN5O. The molecule has 182 valence electrons. The number of fused-ring (bicyclic) bond motifs is 3. The molecule has 0 radical (unpaired) electrons. The summed E-state index contributed by atoms with van der Waals surface area (Å²) in [5.41, 5.74) is 4.50. The van der Waals surface area contributed by atoms with Crippen molar-refractivity contribution in [2.45, 2.75) is 32.1 Å². The van der Waals surface area contributed by atoms with Crippen LogP contribution < -0.4 is 0 Å². The molecule has 0 unspecified atom stereocenters. The third-order valence-electron chi connectivity index (χ3n) is 7.89. The summed E-state index contributed by atoms with van der Waals surface area (Å²) in [5.74, 6) is -0.905. The third-order valence-corrected chi connectivity index (χ3v) is 7.89. The maximum absolute atomic E-state index is 15.8. The molecule has 7 heteroatoms. The first-order valence-electron chi connectivity index (χ1n) is 12.3. The SMILES string of the molecule is C[C@H]1C(=O)C(C#N)=C[C@@]2(C)c3c(c(-c4ccccn4)nn3-c3ccc(-c4cccnc4)cc3F)CC[C@H]12. The first-order valence-corrected chi connectivity index (χ1v) is 12.3. The van der Waals surface area contributed by atoms with Crippen LogP contribution in [0.5, 0.6) is 0 Å². The van der Waals surface area contributed by atoms with Crippen LogP contribution in [0, 0.1) is 29.0 Å². The van der Waals surface area contributed by atoms with Crippen LogP contribution in [0.15, 0.2) is 78.8 Å². The van der Waals surface area contributed by atoms with Crippen LogP contribution in [0.3, 0.4) is 0 Å². The molecule has 0 amide bonds. The van der Waals surface area contributed by atoms with Crippen LogP contribution in [0.2, 0.25) is 0 Å². The lowest BCUT2D eigenvalue weighted by atomic mass is 9.58. The van der Waals surface area contributed by atoms with Gasteiger partial charge in [-0.05, 0) is 54.7 Å². The van der Waals surface area contributed by atoms with Gasteiger partial charge in [0.05, 0.1) is 17.0 Å². The Balaban J connectivity index is 1.60. The Morgan fingerprint density at radius 2 is 2.00 bits per heavy atom. The monoisotopic (exact) mass is 489 g/mol. The van der Waals surface area contributed by atoms with E-state index in [9.17, 15) is 10.1 Å². The van der Waals surface area contributed by atoms with Gasteiger partial charge in [-0.3, -0.25) is 14.8 Å². The molecule has 37 heavy (non-hydrogen) atoms. The number of ketones is 1. The van der Waals surface area contributed by atoms with Crippen molar-refractivity contribution >= 4 is 5.78 Å². The van der Waals surface area contributed by atoms with E-state index in [1.165, 1.54) is 6.07 Å². The Labute approximate surface area is 214 Å². The average Bonchev–Trinajstić information content (AvgIpc) is 3.32.